The van der Waals surface area contributed by atoms with Crippen LogP contribution in [0.5, 0.6) is 0 Å². The summed E-state index contributed by atoms with van der Waals surface area (Å²) in [5, 5.41) is 0. The first kappa shape index (κ1) is 15.5. The largest absolute Gasteiger partial charge is 0.343 e. The predicted octanol–water partition coefficient (Wildman–Crippen LogP) is 4.24. The van der Waals surface area contributed by atoms with Gasteiger partial charge in [-0.2, -0.15) is 0 Å². The van der Waals surface area contributed by atoms with Gasteiger partial charge >= 0.3 is 0 Å². The minimum Gasteiger partial charge on any atom is -0.343 e. The molecule has 1 aliphatic carbocycles. The molecule has 0 aliphatic heterocycles. The molecular weight excluding hydrogens is 222 g/mol. The quantitative estimate of drug-likeness (QED) is 0.664. The van der Waals surface area contributed by atoms with E-state index in [1.807, 2.05) is 0 Å². The zero-order valence-corrected chi connectivity index (χ0v) is 12.6. The third-order valence-corrected chi connectivity index (χ3v) is 4.01. The topological polar surface area (TPSA) is 20.3 Å². The molecule has 0 heterocycles. The van der Waals surface area contributed by atoms with Crippen LogP contribution in [0.3, 0.4) is 0 Å². The Morgan fingerprint density at radius 1 is 1.17 bits per heavy atom. The smallest absolute Gasteiger partial charge is 0.222 e. The molecule has 1 rings (SSSR count). The Kier molecular flexibility index (Phi) is 7.38. The van der Waals surface area contributed by atoms with Crippen LogP contribution in [0, 0.1) is 11.8 Å². The Balaban J connectivity index is 2.37. The van der Waals surface area contributed by atoms with Gasteiger partial charge in [0.25, 0.3) is 0 Å². The van der Waals surface area contributed by atoms with Gasteiger partial charge in [0.05, 0.1) is 0 Å². The summed E-state index contributed by atoms with van der Waals surface area (Å²) in [6.07, 6.45) is 9.60. The number of carbonyl (C=O) groups is 1. The maximum atomic E-state index is 12.3. The van der Waals surface area contributed by atoms with Gasteiger partial charge in [0.15, 0.2) is 0 Å². The number of hydrogen-bond donors (Lipinski definition) is 0. The van der Waals surface area contributed by atoms with Gasteiger partial charge in [-0.1, -0.05) is 40.0 Å². The zero-order chi connectivity index (χ0) is 13.4. The molecule has 1 amide bonds. The highest BCUT2D eigenvalue weighted by Crippen LogP contribution is 2.26. The van der Waals surface area contributed by atoms with Crippen LogP contribution in [0.25, 0.3) is 0 Å². The van der Waals surface area contributed by atoms with E-state index in [-0.39, 0.29) is 0 Å². The molecule has 0 aromatic rings. The zero-order valence-electron chi connectivity index (χ0n) is 12.6. The Bertz CT molecular complexity index is 231. The second-order valence-corrected chi connectivity index (χ2v) is 6.27. The van der Waals surface area contributed by atoms with Crippen molar-refractivity contribution in [3.8, 4) is 0 Å². The average molecular weight is 253 g/mol. The van der Waals surface area contributed by atoms with E-state index >= 15 is 0 Å². The van der Waals surface area contributed by atoms with Crippen LogP contribution in [-0.2, 0) is 4.79 Å². The van der Waals surface area contributed by atoms with E-state index in [1.54, 1.807) is 0 Å². The van der Waals surface area contributed by atoms with Crippen molar-refractivity contribution >= 4 is 5.91 Å². The minimum atomic E-state index is 0.407. The molecular formula is C16H31NO. The van der Waals surface area contributed by atoms with Crippen molar-refractivity contribution < 1.29 is 4.79 Å². The van der Waals surface area contributed by atoms with Crippen LogP contribution in [0.1, 0.15) is 72.1 Å². The molecule has 0 N–H and O–H groups in total. The molecule has 1 aliphatic rings. The van der Waals surface area contributed by atoms with E-state index in [4.69, 9.17) is 0 Å². The van der Waals surface area contributed by atoms with E-state index in [0.717, 1.165) is 32.4 Å². The van der Waals surface area contributed by atoms with E-state index in [1.165, 1.54) is 32.1 Å². The van der Waals surface area contributed by atoms with Crippen LogP contribution >= 0.6 is 0 Å². The molecule has 1 fully saturated rings. The molecule has 0 spiro atoms. The molecule has 2 heteroatoms. The van der Waals surface area contributed by atoms with Gasteiger partial charge in [-0.25, -0.2) is 0 Å². The van der Waals surface area contributed by atoms with Crippen LogP contribution in [0.2, 0.25) is 0 Å². The second kappa shape index (κ2) is 8.55. The van der Waals surface area contributed by atoms with Gasteiger partial charge in [0, 0.05) is 19.5 Å². The molecule has 0 unspecified atom stereocenters. The number of hydrogen-bond acceptors (Lipinski definition) is 1. The van der Waals surface area contributed by atoms with Crippen LogP contribution in [-0.4, -0.2) is 23.9 Å². The minimum absolute atomic E-state index is 0.407. The summed E-state index contributed by atoms with van der Waals surface area (Å²) in [4.78, 5) is 14.4. The highest BCUT2D eigenvalue weighted by molar-refractivity contribution is 5.76. The number of amides is 1. The molecule has 0 bridgehead atoms. The third kappa shape index (κ3) is 5.88. The second-order valence-electron chi connectivity index (χ2n) is 6.27. The first-order chi connectivity index (χ1) is 8.63. The SMILES string of the molecule is CCCN(CCC(C)C)C(=O)CC1CCCCC1. The normalized spacial score (nSPS) is 17.1. The first-order valence-corrected chi connectivity index (χ1v) is 7.91. The first-order valence-electron chi connectivity index (χ1n) is 7.91. The Morgan fingerprint density at radius 2 is 1.83 bits per heavy atom. The standard InChI is InChI=1S/C16H31NO/c1-4-11-17(12-10-14(2)3)16(18)13-15-8-6-5-7-9-15/h14-15H,4-13H2,1-3H3. The molecule has 0 radical (unpaired) electrons. The van der Waals surface area contributed by atoms with Crippen LogP contribution in [0.4, 0.5) is 0 Å². The Labute approximate surface area is 113 Å². The third-order valence-electron chi connectivity index (χ3n) is 4.01. The van der Waals surface area contributed by atoms with Crippen molar-refractivity contribution in [3.63, 3.8) is 0 Å². The lowest BCUT2D eigenvalue weighted by molar-refractivity contribution is -0.132. The van der Waals surface area contributed by atoms with Crippen molar-refractivity contribution in [2.45, 2.75) is 72.1 Å². The van der Waals surface area contributed by atoms with Gasteiger partial charge < -0.3 is 4.90 Å². The summed E-state index contributed by atoms with van der Waals surface area (Å²) < 4.78 is 0. The van der Waals surface area contributed by atoms with Gasteiger partial charge in [-0.15, -0.1) is 0 Å². The molecule has 2 nitrogen and oxygen atoms in total. The molecule has 1 saturated carbocycles. The number of rotatable bonds is 7. The maximum absolute atomic E-state index is 12.3. The van der Waals surface area contributed by atoms with Crippen molar-refractivity contribution in [1.29, 1.82) is 0 Å². The summed E-state index contributed by atoms with van der Waals surface area (Å²) in [7, 11) is 0. The summed E-state index contributed by atoms with van der Waals surface area (Å²) >= 11 is 0. The summed E-state index contributed by atoms with van der Waals surface area (Å²) in [6.45, 7) is 8.52. The molecule has 18 heavy (non-hydrogen) atoms. The summed E-state index contributed by atoms with van der Waals surface area (Å²) in [6, 6.07) is 0. The van der Waals surface area contributed by atoms with Crippen molar-refractivity contribution in [1.82, 2.24) is 4.90 Å². The van der Waals surface area contributed by atoms with Crippen molar-refractivity contribution in [2.75, 3.05) is 13.1 Å². The van der Waals surface area contributed by atoms with Crippen molar-refractivity contribution in [3.05, 3.63) is 0 Å². The van der Waals surface area contributed by atoms with Gasteiger partial charge in [-0.3, -0.25) is 4.79 Å². The maximum Gasteiger partial charge on any atom is 0.222 e. The lowest BCUT2D eigenvalue weighted by Gasteiger charge is -2.27. The lowest BCUT2D eigenvalue weighted by atomic mass is 9.86. The monoisotopic (exact) mass is 253 g/mol. The van der Waals surface area contributed by atoms with Gasteiger partial charge in [-0.05, 0) is 37.5 Å². The molecule has 0 atom stereocenters. The highest BCUT2D eigenvalue weighted by Gasteiger charge is 2.20. The van der Waals surface area contributed by atoms with Crippen LogP contribution < -0.4 is 0 Å². The van der Waals surface area contributed by atoms with Crippen LogP contribution in [0.15, 0.2) is 0 Å². The fourth-order valence-corrected chi connectivity index (χ4v) is 2.81. The fraction of sp³-hybridized carbons (Fsp3) is 0.938. The Morgan fingerprint density at radius 3 is 2.39 bits per heavy atom. The highest BCUT2D eigenvalue weighted by atomic mass is 16.2. The van der Waals surface area contributed by atoms with Gasteiger partial charge in [0.2, 0.25) is 5.91 Å². The van der Waals surface area contributed by atoms with Crippen molar-refractivity contribution in [2.24, 2.45) is 11.8 Å². The predicted molar refractivity (Wildman–Crippen MR) is 77.5 cm³/mol. The number of carbonyl (C=O) groups excluding carboxylic acids is 1. The molecule has 0 saturated heterocycles. The fourth-order valence-electron chi connectivity index (χ4n) is 2.81. The van der Waals surface area contributed by atoms with E-state index < -0.39 is 0 Å². The molecule has 106 valence electrons. The average Bonchev–Trinajstić information content (AvgIpc) is 2.35. The summed E-state index contributed by atoms with van der Waals surface area (Å²) in [5.74, 6) is 1.76. The van der Waals surface area contributed by atoms with Gasteiger partial charge in [0.1, 0.15) is 0 Å². The Hall–Kier alpha value is -0.530. The molecule has 0 aromatic carbocycles. The number of nitrogens with zero attached hydrogens (tertiary/aromatic N) is 1. The molecule has 0 aromatic heterocycles. The lowest BCUT2D eigenvalue weighted by Crippen LogP contribution is -2.34. The van der Waals surface area contributed by atoms with E-state index in [9.17, 15) is 4.79 Å². The summed E-state index contributed by atoms with van der Waals surface area (Å²) in [5.41, 5.74) is 0. The van der Waals surface area contributed by atoms with E-state index in [0.29, 0.717) is 17.7 Å². The van der Waals surface area contributed by atoms with E-state index in [2.05, 4.69) is 25.7 Å².